The molecule has 2 amide bonds. The summed E-state index contributed by atoms with van der Waals surface area (Å²) in [6.07, 6.45) is 44.6. The molecule has 0 bridgehead atoms. The van der Waals surface area contributed by atoms with Gasteiger partial charge in [0, 0.05) is 38.0 Å². The van der Waals surface area contributed by atoms with Crippen molar-refractivity contribution in [2.24, 2.45) is 11.5 Å². The molecular weight excluding hydrogens is 769 g/mol. The molecule has 6 N–H and O–H groups in total. The van der Waals surface area contributed by atoms with Crippen LogP contribution in [0.4, 0.5) is 0 Å². The molecule has 0 aromatic carbocycles. The van der Waals surface area contributed by atoms with Crippen molar-refractivity contribution in [2.75, 3.05) is 13.1 Å². The van der Waals surface area contributed by atoms with Crippen LogP contribution < -0.4 is 32.3 Å². The molecule has 2 atom stereocenters. The normalized spacial score (nSPS) is 11.9. The van der Waals surface area contributed by atoms with Crippen LogP contribution in [-0.4, -0.2) is 86.7 Å². The van der Waals surface area contributed by atoms with E-state index in [1.165, 1.54) is 167 Å². The van der Waals surface area contributed by atoms with Crippen LogP contribution in [0.2, 0.25) is 0 Å². The summed E-state index contributed by atoms with van der Waals surface area (Å²) in [5.74, 6) is -2.21. The average Bonchev–Trinajstić information content (AvgIpc) is 3.20. The Balaban J connectivity index is -0.00000105. The Bertz CT molecular complexity index is 856. The number of amides is 2. The third-order valence-electron chi connectivity index (χ3n) is 11.1. The topological polar surface area (TPSA) is 190 Å². The van der Waals surface area contributed by atoms with Crippen molar-refractivity contribution in [3.8, 4) is 0 Å². The molecule has 0 aromatic rings. The Morgan fingerprint density at radius 3 is 0.814 bits per heavy atom. The van der Waals surface area contributed by atoms with E-state index in [1.807, 2.05) is 0 Å². The Labute approximate surface area is 393 Å². The maximum Gasteiger partial charge on any atom is 2.00 e. The van der Waals surface area contributed by atoms with E-state index in [1.54, 1.807) is 0 Å². The van der Waals surface area contributed by atoms with Crippen LogP contribution in [0.5, 0.6) is 0 Å². The van der Waals surface area contributed by atoms with Gasteiger partial charge in [-0.15, -0.1) is 0 Å². The molecule has 0 aliphatic rings. The van der Waals surface area contributed by atoms with Gasteiger partial charge < -0.3 is 41.9 Å². The van der Waals surface area contributed by atoms with Gasteiger partial charge in [-0.25, -0.2) is 0 Å². The van der Waals surface area contributed by atoms with Gasteiger partial charge in [0.1, 0.15) is 0 Å². The van der Waals surface area contributed by atoms with Gasteiger partial charge in [-0.3, -0.25) is 9.59 Å². The fourth-order valence-electron chi connectivity index (χ4n) is 7.16. The molecule has 0 rings (SSSR count). The fraction of sp³-hybridized carbons (Fsp3) is 0.917. The summed E-state index contributed by atoms with van der Waals surface area (Å²) in [5.41, 5.74) is 10.8. The molecule has 10 nitrogen and oxygen atoms in total. The van der Waals surface area contributed by atoms with E-state index < -0.39 is 24.0 Å². The zero-order valence-corrected chi connectivity index (χ0v) is 41.0. The molecule has 0 heterocycles. The smallest absolute Gasteiger partial charge is 0.548 e. The molecule has 0 fully saturated rings. The fourth-order valence-corrected chi connectivity index (χ4v) is 7.16. The van der Waals surface area contributed by atoms with Gasteiger partial charge >= 0.3 is 37.7 Å². The number of rotatable bonds is 44. The van der Waals surface area contributed by atoms with Crippen molar-refractivity contribution in [2.45, 2.75) is 270 Å². The number of carbonyl (C=O) groups excluding carboxylic acids is 4. The van der Waals surface area contributed by atoms with Gasteiger partial charge in [-0.1, -0.05) is 194 Å². The number of carboxylic acid groups (broad SMARTS) is 2. The maximum atomic E-state index is 11.7. The van der Waals surface area contributed by atoms with Crippen LogP contribution in [0.15, 0.2) is 0 Å². The van der Waals surface area contributed by atoms with E-state index in [0.29, 0.717) is 51.6 Å². The maximum absolute atomic E-state index is 11.7. The van der Waals surface area contributed by atoms with Crippen LogP contribution in [0, 0.1) is 0 Å². The largest absolute Gasteiger partial charge is 2.00 e. The summed E-state index contributed by atoms with van der Waals surface area (Å²) >= 11 is 0. The van der Waals surface area contributed by atoms with Crippen LogP contribution in [0.25, 0.3) is 0 Å². The van der Waals surface area contributed by atoms with E-state index in [9.17, 15) is 29.4 Å². The molecular formula is C48H94CaN4O6. The zero-order chi connectivity index (χ0) is 43.2. The van der Waals surface area contributed by atoms with Gasteiger partial charge in [-0.05, 0) is 51.4 Å². The summed E-state index contributed by atoms with van der Waals surface area (Å²) in [4.78, 5) is 44.5. The molecule has 11 heteroatoms. The van der Waals surface area contributed by atoms with Crippen molar-refractivity contribution in [1.29, 1.82) is 0 Å². The Kier molecular flexibility index (Phi) is 54.3. The Hall–Kier alpha value is -0.940. The minimum Gasteiger partial charge on any atom is -0.548 e. The third-order valence-corrected chi connectivity index (χ3v) is 11.1. The molecule has 0 aromatic heterocycles. The SMILES string of the molecule is CCCCCCCCCCCCCCCCCC(=O)NCCCCC(N)C(=O)[O-].CCCCCCCCCCCCCCCCCC(=O)NCCCCC(N)C(=O)[O-].[Ca+2]. The molecule has 0 spiro atoms. The van der Waals surface area contributed by atoms with E-state index in [-0.39, 0.29) is 49.6 Å². The summed E-state index contributed by atoms with van der Waals surface area (Å²) in [7, 11) is 0. The van der Waals surface area contributed by atoms with Gasteiger partial charge in [0.05, 0.1) is 11.9 Å². The second kappa shape index (κ2) is 51.4. The first-order chi connectivity index (χ1) is 28.1. The molecule has 344 valence electrons. The number of hydrogen-bond acceptors (Lipinski definition) is 8. The van der Waals surface area contributed by atoms with E-state index >= 15 is 0 Å². The molecule has 0 aliphatic carbocycles. The minimum absolute atomic E-state index is 0. The quantitative estimate of drug-likeness (QED) is 0.0345. The number of nitrogens with two attached hydrogens (primary N) is 2. The third kappa shape index (κ3) is 53.1. The van der Waals surface area contributed by atoms with Gasteiger partial charge in [0.25, 0.3) is 0 Å². The van der Waals surface area contributed by atoms with E-state index in [2.05, 4.69) is 24.5 Å². The van der Waals surface area contributed by atoms with Gasteiger partial charge in [-0.2, -0.15) is 0 Å². The number of aliphatic carboxylic acids is 2. The number of unbranched alkanes of at least 4 members (excludes halogenated alkanes) is 30. The van der Waals surface area contributed by atoms with Crippen molar-refractivity contribution in [3.63, 3.8) is 0 Å². The van der Waals surface area contributed by atoms with Crippen molar-refractivity contribution in [3.05, 3.63) is 0 Å². The molecule has 59 heavy (non-hydrogen) atoms. The van der Waals surface area contributed by atoms with Crippen molar-refractivity contribution >= 4 is 61.5 Å². The van der Waals surface area contributed by atoms with Crippen molar-refractivity contribution in [1.82, 2.24) is 10.6 Å². The average molecular weight is 863 g/mol. The van der Waals surface area contributed by atoms with Gasteiger partial charge in [0.15, 0.2) is 0 Å². The first-order valence-corrected chi connectivity index (χ1v) is 24.6. The summed E-state index contributed by atoms with van der Waals surface area (Å²) in [5, 5.41) is 26.8. The summed E-state index contributed by atoms with van der Waals surface area (Å²) in [6.45, 7) is 5.72. The van der Waals surface area contributed by atoms with Crippen LogP contribution in [0.3, 0.4) is 0 Å². The first kappa shape index (κ1) is 62.4. The predicted molar refractivity (Wildman–Crippen MR) is 245 cm³/mol. The summed E-state index contributed by atoms with van der Waals surface area (Å²) in [6, 6.07) is -1.79. The minimum atomic E-state index is -1.21. The number of carbonyl (C=O) groups is 4. The molecule has 2 unspecified atom stereocenters. The Morgan fingerprint density at radius 2 is 0.593 bits per heavy atom. The number of carboxylic acids is 2. The van der Waals surface area contributed by atoms with Crippen LogP contribution in [0.1, 0.15) is 258 Å². The van der Waals surface area contributed by atoms with Crippen LogP contribution >= 0.6 is 0 Å². The molecule has 0 saturated heterocycles. The second-order valence-corrected chi connectivity index (χ2v) is 16.9. The van der Waals surface area contributed by atoms with E-state index in [4.69, 9.17) is 11.5 Å². The van der Waals surface area contributed by atoms with E-state index in [0.717, 1.165) is 38.5 Å². The monoisotopic (exact) mass is 863 g/mol. The van der Waals surface area contributed by atoms with Gasteiger partial charge in [0.2, 0.25) is 11.8 Å². The predicted octanol–water partition coefficient (Wildman–Crippen LogP) is 8.84. The standard InChI is InChI=1S/2C24H48N2O3.Ca/c2*1-2-3-4-5-6-7-8-9-10-11-12-13-14-15-16-20-23(27)26-21-18-17-19-22(25)24(28)29;/h2*22H,2-21,25H2,1H3,(H,26,27)(H,28,29);/q;;+2/p-2. The molecule has 0 radical (unpaired) electrons. The summed E-state index contributed by atoms with van der Waals surface area (Å²) < 4.78 is 0. The number of hydrogen-bond donors (Lipinski definition) is 4. The second-order valence-electron chi connectivity index (χ2n) is 16.9. The van der Waals surface area contributed by atoms with Crippen LogP contribution in [-0.2, 0) is 19.2 Å². The van der Waals surface area contributed by atoms with Crippen molar-refractivity contribution < 1.29 is 29.4 Å². The molecule has 0 saturated carbocycles. The molecule has 0 aliphatic heterocycles. The number of nitrogens with one attached hydrogen (secondary N) is 2. The zero-order valence-electron chi connectivity index (χ0n) is 38.8. The Morgan fingerprint density at radius 1 is 0.373 bits per heavy atom. The first-order valence-electron chi connectivity index (χ1n) is 24.6.